The van der Waals surface area contributed by atoms with Gasteiger partial charge in [0.25, 0.3) is 0 Å². The SMILES string of the molecule is Fc1cccc(C(CNC2CC2)Cc2cscn2)c1. The monoisotopic (exact) mass is 276 g/mol. The van der Waals surface area contributed by atoms with Crippen LogP contribution in [-0.2, 0) is 6.42 Å². The molecule has 1 saturated carbocycles. The van der Waals surface area contributed by atoms with E-state index in [1.165, 1.54) is 18.9 Å². The average molecular weight is 276 g/mol. The van der Waals surface area contributed by atoms with Crippen LogP contribution in [0, 0.1) is 5.82 Å². The zero-order valence-electron chi connectivity index (χ0n) is 10.7. The summed E-state index contributed by atoms with van der Waals surface area (Å²) in [5, 5.41) is 5.61. The van der Waals surface area contributed by atoms with E-state index in [4.69, 9.17) is 0 Å². The Balaban J connectivity index is 1.73. The maximum Gasteiger partial charge on any atom is 0.123 e. The fraction of sp³-hybridized carbons (Fsp3) is 0.400. The van der Waals surface area contributed by atoms with E-state index in [-0.39, 0.29) is 5.82 Å². The van der Waals surface area contributed by atoms with Gasteiger partial charge >= 0.3 is 0 Å². The molecule has 1 aromatic heterocycles. The number of thiazole rings is 1. The van der Waals surface area contributed by atoms with Crippen molar-refractivity contribution in [2.45, 2.75) is 31.2 Å². The van der Waals surface area contributed by atoms with Gasteiger partial charge in [0.15, 0.2) is 0 Å². The predicted molar refractivity (Wildman–Crippen MR) is 76.0 cm³/mol. The molecular weight excluding hydrogens is 259 g/mol. The molecule has 2 nitrogen and oxygen atoms in total. The van der Waals surface area contributed by atoms with Crippen LogP contribution in [0.4, 0.5) is 4.39 Å². The molecule has 1 heterocycles. The minimum atomic E-state index is -0.160. The third-order valence-corrected chi connectivity index (χ3v) is 4.12. The van der Waals surface area contributed by atoms with Crippen LogP contribution >= 0.6 is 11.3 Å². The number of halogens is 1. The molecule has 1 unspecified atom stereocenters. The van der Waals surface area contributed by atoms with Crippen LogP contribution < -0.4 is 5.32 Å². The molecule has 1 N–H and O–H groups in total. The fourth-order valence-electron chi connectivity index (χ4n) is 2.26. The number of benzene rings is 1. The first-order valence-corrected chi connectivity index (χ1v) is 7.61. The van der Waals surface area contributed by atoms with Gasteiger partial charge in [-0.15, -0.1) is 11.3 Å². The van der Waals surface area contributed by atoms with Crippen molar-refractivity contribution >= 4 is 11.3 Å². The number of hydrogen-bond donors (Lipinski definition) is 1. The molecule has 3 rings (SSSR count). The summed E-state index contributed by atoms with van der Waals surface area (Å²) in [7, 11) is 0. The molecule has 100 valence electrons. The van der Waals surface area contributed by atoms with Gasteiger partial charge in [-0.1, -0.05) is 12.1 Å². The van der Waals surface area contributed by atoms with Crippen molar-refractivity contribution in [3.8, 4) is 0 Å². The largest absolute Gasteiger partial charge is 0.313 e. The van der Waals surface area contributed by atoms with Crippen LogP contribution in [0.3, 0.4) is 0 Å². The Morgan fingerprint density at radius 3 is 3.00 bits per heavy atom. The Kier molecular flexibility index (Phi) is 3.89. The lowest BCUT2D eigenvalue weighted by Gasteiger charge is -2.17. The van der Waals surface area contributed by atoms with Crippen molar-refractivity contribution in [1.82, 2.24) is 10.3 Å². The lowest BCUT2D eigenvalue weighted by molar-refractivity contribution is 0.565. The van der Waals surface area contributed by atoms with Crippen LogP contribution in [0.25, 0.3) is 0 Å². The quantitative estimate of drug-likeness (QED) is 0.875. The highest BCUT2D eigenvalue weighted by Crippen LogP contribution is 2.24. The average Bonchev–Trinajstić information content (AvgIpc) is 3.10. The highest BCUT2D eigenvalue weighted by molar-refractivity contribution is 7.07. The van der Waals surface area contributed by atoms with Gasteiger partial charge in [0, 0.05) is 23.9 Å². The topological polar surface area (TPSA) is 24.9 Å². The molecule has 1 fully saturated rings. The molecule has 1 aromatic carbocycles. The molecule has 1 atom stereocenters. The minimum Gasteiger partial charge on any atom is -0.313 e. The molecule has 0 saturated heterocycles. The molecule has 2 aromatic rings. The van der Waals surface area contributed by atoms with Gasteiger partial charge in [0.05, 0.1) is 11.2 Å². The molecule has 0 amide bonds. The van der Waals surface area contributed by atoms with Crippen LogP contribution in [0.2, 0.25) is 0 Å². The van der Waals surface area contributed by atoms with E-state index in [1.54, 1.807) is 23.5 Å². The minimum absolute atomic E-state index is 0.160. The van der Waals surface area contributed by atoms with E-state index in [2.05, 4.69) is 15.7 Å². The van der Waals surface area contributed by atoms with E-state index in [9.17, 15) is 4.39 Å². The number of aromatic nitrogens is 1. The van der Waals surface area contributed by atoms with Crippen molar-refractivity contribution in [2.75, 3.05) is 6.54 Å². The van der Waals surface area contributed by atoms with E-state index < -0.39 is 0 Å². The Hall–Kier alpha value is -1.26. The Bertz CT molecular complexity index is 523. The zero-order chi connectivity index (χ0) is 13.1. The van der Waals surface area contributed by atoms with Gasteiger partial charge in [0.1, 0.15) is 5.82 Å². The number of rotatable bonds is 6. The van der Waals surface area contributed by atoms with Gasteiger partial charge in [-0.2, -0.15) is 0 Å². The van der Waals surface area contributed by atoms with Crippen LogP contribution in [0.15, 0.2) is 35.2 Å². The summed E-state index contributed by atoms with van der Waals surface area (Å²) in [6.07, 6.45) is 3.41. The number of hydrogen-bond acceptors (Lipinski definition) is 3. The highest BCUT2D eigenvalue weighted by atomic mass is 32.1. The molecule has 1 aliphatic carbocycles. The standard InChI is InChI=1S/C15H17FN2S/c16-13-3-1-2-11(6-13)12(8-17-14-4-5-14)7-15-9-19-10-18-15/h1-3,6,9-10,12,14,17H,4-5,7-8H2. The van der Waals surface area contributed by atoms with E-state index in [0.717, 1.165) is 24.2 Å². The molecule has 4 heteroatoms. The summed E-state index contributed by atoms with van der Waals surface area (Å²) in [5.41, 5.74) is 4.00. The molecule has 0 spiro atoms. The third-order valence-electron chi connectivity index (χ3n) is 3.49. The lowest BCUT2D eigenvalue weighted by Crippen LogP contribution is -2.25. The normalized spacial score (nSPS) is 16.5. The second kappa shape index (κ2) is 5.80. The van der Waals surface area contributed by atoms with Crippen molar-refractivity contribution < 1.29 is 4.39 Å². The van der Waals surface area contributed by atoms with Crippen molar-refractivity contribution in [2.24, 2.45) is 0 Å². The summed E-state index contributed by atoms with van der Waals surface area (Å²) in [4.78, 5) is 4.34. The number of nitrogens with zero attached hydrogens (tertiary/aromatic N) is 1. The number of nitrogens with one attached hydrogen (secondary N) is 1. The van der Waals surface area contributed by atoms with Crippen LogP contribution in [0.1, 0.15) is 30.0 Å². The van der Waals surface area contributed by atoms with Gasteiger partial charge in [-0.05, 0) is 37.0 Å². The van der Waals surface area contributed by atoms with E-state index >= 15 is 0 Å². The molecule has 0 aliphatic heterocycles. The summed E-state index contributed by atoms with van der Waals surface area (Å²) in [5.74, 6) is 0.130. The van der Waals surface area contributed by atoms with E-state index in [1.807, 2.05) is 11.6 Å². The highest BCUT2D eigenvalue weighted by Gasteiger charge is 2.23. The Morgan fingerprint density at radius 1 is 1.42 bits per heavy atom. The lowest BCUT2D eigenvalue weighted by atomic mass is 9.94. The van der Waals surface area contributed by atoms with Crippen LogP contribution in [-0.4, -0.2) is 17.6 Å². The maximum absolute atomic E-state index is 13.4. The van der Waals surface area contributed by atoms with Crippen molar-refractivity contribution in [1.29, 1.82) is 0 Å². The van der Waals surface area contributed by atoms with Crippen molar-refractivity contribution in [3.05, 3.63) is 52.2 Å². The molecule has 1 aliphatic rings. The second-order valence-corrected chi connectivity index (χ2v) is 5.84. The van der Waals surface area contributed by atoms with Crippen LogP contribution in [0.5, 0.6) is 0 Å². The summed E-state index contributed by atoms with van der Waals surface area (Å²) in [6, 6.07) is 7.61. The first kappa shape index (κ1) is 12.8. The molecule has 0 bridgehead atoms. The predicted octanol–water partition coefficient (Wildman–Crippen LogP) is 3.36. The Labute approximate surface area is 116 Å². The summed E-state index contributed by atoms with van der Waals surface area (Å²) >= 11 is 1.61. The molecule has 0 radical (unpaired) electrons. The summed E-state index contributed by atoms with van der Waals surface area (Å²) < 4.78 is 13.4. The van der Waals surface area contributed by atoms with Gasteiger partial charge in [-0.25, -0.2) is 9.37 Å². The van der Waals surface area contributed by atoms with Gasteiger partial charge < -0.3 is 5.32 Å². The Morgan fingerprint density at radius 2 is 2.32 bits per heavy atom. The first-order chi connectivity index (χ1) is 9.31. The van der Waals surface area contributed by atoms with Gasteiger partial charge in [-0.3, -0.25) is 0 Å². The fourth-order valence-corrected chi connectivity index (χ4v) is 2.83. The third kappa shape index (κ3) is 3.61. The molecular formula is C15H17FN2S. The first-order valence-electron chi connectivity index (χ1n) is 6.67. The molecule has 19 heavy (non-hydrogen) atoms. The van der Waals surface area contributed by atoms with Crippen molar-refractivity contribution in [3.63, 3.8) is 0 Å². The van der Waals surface area contributed by atoms with Gasteiger partial charge in [0.2, 0.25) is 0 Å². The maximum atomic E-state index is 13.4. The van der Waals surface area contributed by atoms with E-state index in [0.29, 0.717) is 12.0 Å². The summed E-state index contributed by atoms with van der Waals surface area (Å²) in [6.45, 7) is 0.894. The zero-order valence-corrected chi connectivity index (χ0v) is 11.5. The smallest absolute Gasteiger partial charge is 0.123 e. The second-order valence-electron chi connectivity index (χ2n) is 5.12.